The van der Waals surface area contributed by atoms with Gasteiger partial charge in [-0.25, -0.2) is 0 Å². The van der Waals surface area contributed by atoms with Crippen LogP contribution in [0.3, 0.4) is 0 Å². The fourth-order valence-electron chi connectivity index (χ4n) is 2.73. The molecule has 6 heteroatoms. The van der Waals surface area contributed by atoms with E-state index in [0.717, 1.165) is 10.4 Å². The molecule has 25 heavy (non-hydrogen) atoms. The second-order valence-corrected chi connectivity index (χ2v) is 6.95. The van der Waals surface area contributed by atoms with Gasteiger partial charge < -0.3 is 19.5 Å². The fourth-order valence-corrected chi connectivity index (χ4v) is 3.68. The Morgan fingerprint density at radius 3 is 2.32 bits per heavy atom. The zero-order chi connectivity index (χ0) is 18.4. The number of nitrogens with one attached hydrogen (secondary N) is 1. The van der Waals surface area contributed by atoms with Gasteiger partial charge in [0, 0.05) is 10.4 Å². The van der Waals surface area contributed by atoms with E-state index in [4.69, 9.17) is 14.2 Å². The molecule has 0 saturated heterocycles. The number of carbonyl (C=O) groups is 1. The Bertz CT molecular complexity index is 698. The van der Waals surface area contributed by atoms with E-state index in [2.05, 4.69) is 19.2 Å². The van der Waals surface area contributed by atoms with Crippen molar-refractivity contribution >= 4 is 17.2 Å². The zero-order valence-electron chi connectivity index (χ0n) is 15.3. The summed E-state index contributed by atoms with van der Waals surface area (Å²) in [6.45, 7) is 4.20. The molecule has 1 heterocycles. The van der Waals surface area contributed by atoms with E-state index in [1.807, 2.05) is 23.6 Å². The number of methoxy groups -OCH3 is 3. The van der Waals surface area contributed by atoms with E-state index in [9.17, 15) is 4.79 Å². The van der Waals surface area contributed by atoms with Gasteiger partial charge >= 0.3 is 0 Å². The minimum absolute atomic E-state index is 0.00126. The Morgan fingerprint density at radius 2 is 1.80 bits per heavy atom. The van der Waals surface area contributed by atoms with Crippen molar-refractivity contribution in [3.05, 3.63) is 40.1 Å². The van der Waals surface area contributed by atoms with Crippen molar-refractivity contribution in [3.8, 4) is 17.2 Å². The Balaban J connectivity index is 2.20. The Labute approximate surface area is 152 Å². The average Bonchev–Trinajstić information content (AvgIpc) is 3.12. The predicted molar refractivity (Wildman–Crippen MR) is 99.8 cm³/mol. The molecular weight excluding hydrogens is 338 g/mol. The molecular formula is C19H25NO4S. The highest BCUT2D eigenvalue weighted by atomic mass is 32.1. The maximum Gasteiger partial charge on any atom is 0.225 e. The zero-order valence-corrected chi connectivity index (χ0v) is 16.1. The number of rotatable bonds is 8. The van der Waals surface area contributed by atoms with Crippen molar-refractivity contribution in [3.63, 3.8) is 0 Å². The number of thiophene rings is 1. The van der Waals surface area contributed by atoms with Crippen molar-refractivity contribution in [2.24, 2.45) is 5.92 Å². The van der Waals surface area contributed by atoms with Crippen molar-refractivity contribution < 1.29 is 19.0 Å². The van der Waals surface area contributed by atoms with Crippen LogP contribution in [-0.4, -0.2) is 27.2 Å². The first-order valence-electron chi connectivity index (χ1n) is 8.12. The molecule has 2 rings (SSSR count). The molecule has 0 radical (unpaired) electrons. The summed E-state index contributed by atoms with van der Waals surface area (Å²) in [5, 5.41) is 5.15. The quantitative estimate of drug-likeness (QED) is 0.774. The van der Waals surface area contributed by atoms with Gasteiger partial charge in [-0.3, -0.25) is 4.79 Å². The lowest BCUT2D eigenvalue weighted by Crippen LogP contribution is -2.32. The van der Waals surface area contributed by atoms with Gasteiger partial charge in [0.1, 0.15) is 0 Å². The molecule has 5 nitrogen and oxygen atoms in total. The second kappa shape index (κ2) is 8.76. The van der Waals surface area contributed by atoms with Gasteiger partial charge in [0.2, 0.25) is 11.7 Å². The molecule has 1 unspecified atom stereocenters. The smallest absolute Gasteiger partial charge is 0.225 e. The number of ether oxygens (including phenoxy) is 3. The molecule has 0 bridgehead atoms. The molecule has 0 spiro atoms. The van der Waals surface area contributed by atoms with Crippen LogP contribution in [-0.2, 0) is 11.2 Å². The molecule has 1 amide bonds. The van der Waals surface area contributed by atoms with Gasteiger partial charge in [-0.05, 0) is 23.4 Å². The van der Waals surface area contributed by atoms with E-state index in [-0.39, 0.29) is 18.4 Å². The summed E-state index contributed by atoms with van der Waals surface area (Å²) >= 11 is 1.65. The van der Waals surface area contributed by atoms with Crippen molar-refractivity contribution in [2.45, 2.75) is 26.3 Å². The molecule has 136 valence electrons. The molecule has 0 fully saturated rings. The average molecular weight is 363 g/mol. The van der Waals surface area contributed by atoms with Gasteiger partial charge in [-0.2, -0.15) is 0 Å². The number of amides is 1. The van der Waals surface area contributed by atoms with Crippen LogP contribution in [0.15, 0.2) is 29.6 Å². The minimum Gasteiger partial charge on any atom is -0.493 e. The first kappa shape index (κ1) is 19.1. The topological polar surface area (TPSA) is 56.8 Å². The molecule has 0 saturated carbocycles. The lowest BCUT2D eigenvalue weighted by Gasteiger charge is -2.22. The molecule has 0 aliphatic carbocycles. The highest BCUT2D eigenvalue weighted by molar-refractivity contribution is 7.10. The van der Waals surface area contributed by atoms with E-state index < -0.39 is 0 Å². The number of benzene rings is 1. The molecule has 1 aromatic carbocycles. The van der Waals surface area contributed by atoms with E-state index >= 15 is 0 Å². The van der Waals surface area contributed by atoms with Gasteiger partial charge in [-0.1, -0.05) is 26.0 Å². The molecule has 1 aromatic heterocycles. The summed E-state index contributed by atoms with van der Waals surface area (Å²) in [5.41, 5.74) is 0.756. The maximum absolute atomic E-state index is 12.6. The van der Waals surface area contributed by atoms with Crippen LogP contribution in [0.25, 0.3) is 0 Å². The largest absolute Gasteiger partial charge is 0.493 e. The third-order valence-corrected chi connectivity index (χ3v) is 4.92. The SMILES string of the molecule is COc1ccc(CC(=O)NC(c2cccs2)C(C)C)c(OC)c1OC. The number of carbonyl (C=O) groups excluding carboxylic acids is 1. The monoisotopic (exact) mass is 363 g/mol. The Hall–Kier alpha value is -2.21. The summed E-state index contributed by atoms with van der Waals surface area (Å²) in [7, 11) is 4.68. The first-order chi connectivity index (χ1) is 12.0. The number of hydrogen-bond acceptors (Lipinski definition) is 5. The van der Waals surface area contributed by atoms with Crippen LogP contribution < -0.4 is 19.5 Å². The van der Waals surface area contributed by atoms with Crippen molar-refractivity contribution in [2.75, 3.05) is 21.3 Å². The standard InChI is InChI=1S/C19H25NO4S/c1-12(2)17(15-7-6-10-25-15)20-16(21)11-13-8-9-14(22-3)19(24-5)18(13)23-4/h6-10,12,17H,11H2,1-5H3,(H,20,21). The predicted octanol–water partition coefficient (Wildman–Crippen LogP) is 3.83. The summed E-state index contributed by atoms with van der Waals surface area (Å²) in [6.07, 6.45) is 0.206. The van der Waals surface area contributed by atoms with E-state index in [1.165, 1.54) is 0 Å². The molecule has 1 atom stereocenters. The van der Waals surface area contributed by atoms with Crippen LogP contribution in [0.2, 0.25) is 0 Å². The molecule has 1 N–H and O–H groups in total. The van der Waals surface area contributed by atoms with Gasteiger partial charge in [-0.15, -0.1) is 11.3 Å². The minimum atomic E-state index is -0.0578. The van der Waals surface area contributed by atoms with Crippen molar-refractivity contribution in [1.82, 2.24) is 5.32 Å². The molecule has 2 aromatic rings. The van der Waals surface area contributed by atoms with Gasteiger partial charge in [0.15, 0.2) is 11.5 Å². The lowest BCUT2D eigenvalue weighted by atomic mass is 10.0. The van der Waals surface area contributed by atoms with Crippen LogP contribution in [0.4, 0.5) is 0 Å². The lowest BCUT2D eigenvalue weighted by molar-refractivity contribution is -0.121. The van der Waals surface area contributed by atoms with Crippen LogP contribution in [0.5, 0.6) is 17.2 Å². The second-order valence-electron chi connectivity index (χ2n) is 5.97. The van der Waals surface area contributed by atoms with Gasteiger partial charge in [0.25, 0.3) is 0 Å². The third-order valence-electron chi connectivity index (χ3n) is 3.97. The highest BCUT2D eigenvalue weighted by Gasteiger charge is 2.22. The number of hydrogen-bond donors (Lipinski definition) is 1. The van der Waals surface area contributed by atoms with Crippen LogP contribution >= 0.6 is 11.3 Å². The maximum atomic E-state index is 12.6. The van der Waals surface area contributed by atoms with Crippen molar-refractivity contribution in [1.29, 1.82) is 0 Å². The normalized spacial score (nSPS) is 11.9. The summed E-state index contributed by atoms with van der Waals surface area (Å²) in [5.74, 6) is 1.83. The van der Waals surface area contributed by atoms with E-state index in [1.54, 1.807) is 38.7 Å². The summed E-state index contributed by atoms with van der Waals surface area (Å²) in [6, 6.07) is 7.66. The summed E-state index contributed by atoms with van der Waals surface area (Å²) in [4.78, 5) is 13.8. The molecule has 0 aliphatic rings. The van der Waals surface area contributed by atoms with Crippen LogP contribution in [0.1, 0.15) is 30.3 Å². The van der Waals surface area contributed by atoms with Crippen LogP contribution in [0, 0.1) is 5.92 Å². The first-order valence-corrected chi connectivity index (χ1v) is 9.00. The van der Waals surface area contributed by atoms with E-state index in [0.29, 0.717) is 23.2 Å². The van der Waals surface area contributed by atoms with Gasteiger partial charge in [0.05, 0.1) is 33.8 Å². The Morgan fingerprint density at radius 1 is 1.08 bits per heavy atom. The molecule has 0 aliphatic heterocycles. The summed E-state index contributed by atoms with van der Waals surface area (Å²) < 4.78 is 16.1. The Kier molecular flexibility index (Phi) is 6.70. The highest BCUT2D eigenvalue weighted by Crippen LogP contribution is 2.40. The third kappa shape index (κ3) is 4.45. The fraction of sp³-hybridized carbons (Fsp3) is 0.421.